The molecule has 0 bridgehead atoms. The molecule has 2 rings (SSSR count). The molecule has 1 aliphatic rings. The second-order valence-corrected chi connectivity index (χ2v) is 6.04. The zero-order valence-electron chi connectivity index (χ0n) is 12.2. The summed E-state index contributed by atoms with van der Waals surface area (Å²) in [6.07, 6.45) is 6.07. The van der Waals surface area contributed by atoms with Crippen molar-refractivity contribution >= 4 is 23.2 Å². The van der Waals surface area contributed by atoms with Gasteiger partial charge in [-0.1, -0.05) is 29.3 Å². The Hall–Kier alpha value is -0.900. The Kier molecular flexibility index (Phi) is 6.22. The van der Waals surface area contributed by atoms with Gasteiger partial charge in [0.1, 0.15) is 6.10 Å². The van der Waals surface area contributed by atoms with Crippen LogP contribution in [0.15, 0.2) is 24.8 Å². The SMILES string of the molecule is C=CCC1CCC(Oc2cc(Cl)cc(Cl)c2OC)CCN1. The minimum Gasteiger partial charge on any atom is -0.491 e. The highest BCUT2D eigenvalue weighted by Gasteiger charge is 2.21. The molecule has 2 unspecified atom stereocenters. The molecule has 0 radical (unpaired) electrons. The Morgan fingerprint density at radius 3 is 2.86 bits per heavy atom. The summed E-state index contributed by atoms with van der Waals surface area (Å²) in [7, 11) is 1.58. The second-order valence-electron chi connectivity index (χ2n) is 5.20. The van der Waals surface area contributed by atoms with Crippen molar-refractivity contribution in [1.29, 1.82) is 0 Å². The third kappa shape index (κ3) is 4.53. The number of nitrogens with one attached hydrogen (secondary N) is 1. The van der Waals surface area contributed by atoms with Crippen LogP contribution < -0.4 is 14.8 Å². The summed E-state index contributed by atoms with van der Waals surface area (Å²) in [5, 5.41) is 4.53. The maximum Gasteiger partial charge on any atom is 0.179 e. The molecule has 0 saturated carbocycles. The van der Waals surface area contributed by atoms with Crippen molar-refractivity contribution in [2.45, 2.75) is 37.8 Å². The predicted molar refractivity (Wildman–Crippen MR) is 87.9 cm³/mol. The van der Waals surface area contributed by atoms with Crippen LogP contribution >= 0.6 is 23.2 Å². The molecule has 21 heavy (non-hydrogen) atoms. The van der Waals surface area contributed by atoms with Crippen molar-refractivity contribution < 1.29 is 9.47 Å². The molecule has 0 amide bonds. The number of methoxy groups -OCH3 is 1. The van der Waals surface area contributed by atoms with E-state index in [-0.39, 0.29) is 6.10 Å². The molecule has 1 saturated heterocycles. The minimum absolute atomic E-state index is 0.135. The smallest absolute Gasteiger partial charge is 0.179 e. The maximum atomic E-state index is 6.14. The molecular weight excluding hydrogens is 309 g/mol. The van der Waals surface area contributed by atoms with E-state index in [1.54, 1.807) is 19.2 Å². The first-order chi connectivity index (χ1) is 10.1. The fourth-order valence-electron chi connectivity index (χ4n) is 2.60. The zero-order valence-corrected chi connectivity index (χ0v) is 13.7. The van der Waals surface area contributed by atoms with Crippen LogP contribution in [0.1, 0.15) is 25.7 Å². The van der Waals surface area contributed by atoms with E-state index in [0.717, 1.165) is 32.2 Å². The van der Waals surface area contributed by atoms with Gasteiger partial charge in [0.05, 0.1) is 12.1 Å². The molecule has 116 valence electrons. The van der Waals surface area contributed by atoms with Gasteiger partial charge in [-0.05, 0) is 38.3 Å². The van der Waals surface area contributed by atoms with Crippen LogP contribution in [-0.2, 0) is 0 Å². The Bertz CT molecular complexity index is 493. The monoisotopic (exact) mass is 329 g/mol. The van der Waals surface area contributed by atoms with Gasteiger partial charge in [0.2, 0.25) is 0 Å². The van der Waals surface area contributed by atoms with E-state index in [1.165, 1.54) is 0 Å². The number of hydrogen-bond donors (Lipinski definition) is 1. The van der Waals surface area contributed by atoms with Gasteiger partial charge in [-0.3, -0.25) is 0 Å². The van der Waals surface area contributed by atoms with Crippen molar-refractivity contribution in [3.05, 3.63) is 34.8 Å². The van der Waals surface area contributed by atoms with Crippen LogP contribution in [0.4, 0.5) is 0 Å². The second kappa shape index (κ2) is 7.92. The Labute approximate surface area is 136 Å². The van der Waals surface area contributed by atoms with Crippen molar-refractivity contribution in [1.82, 2.24) is 5.32 Å². The summed E-state index contributed by atoms with van der Waals surface area (Å²) < 4.78 is 11.4. The highest BCUT2D eigenvalue weighted by atomic mass is 35.5. The lowest BCUT2D eigenvalue weighted by Crippen LogP contribution is -2.27. The van der Waals surface area contributed by atoms with E-state index in [2.05, 4.69) is 11.9 Å². The van der Waals surface area contributed by atoms with E-state index in [4.69, 9.17) is 32.7 Å². The zero-order chi connectivity index (χ0) is 15.2. The van der Waals surface area contributed by atoms with Crippen LogP contribution in [0, 0.1) is 0 Å². The lowest BCUT2D eigenvalue weighted by atomic mass is 10.1. The highest BCUT2D eigenvalue weighted by molar-refractivity contribution is 6.35. The summed E-state index contributed by atoms with van der Waals surface area (Å²) in [6.45, 7) is 4.73. The number of hydrogen-bond acceptors (Lipinski definition) is 3. The van der Waals surface area contributed by atoms with Gasteiger partial charge in [-0.2, -0.15) is 0 Å². The van der Waals surface area contributed by atoms with Crippen molar-refractivity contribution in [2.24, 2.45) is 0 Å². The van der Waals surface area contributed by atoms with E-state index in [1.807, 2.05) is 6.08 Å². The first-order valence-electron chi connectivity index (χ1n) is 7.18. The number of benzene rings is 1. The lowest BCUT2D eigenvalue weighted by Gasteiger charge is -2.19. The third-order valence-corrected chi connectivity index (χ3v) is 4.16. The van der Waals surface area contributed by atoms with Gasteiger partial charge in [0, 0.05) is 17.1 Å². The highest BCUT2D eigenvalue weighted by Crippen LogP contribution is 2.39. The lowest BCUT2D eigenvalue weighted by molar-refractivity contribution is 0.179. The third-order valence-electron chi connectivity index (χ3n) is 3.66. The molecular formula is C16H21Cl2NO2. The van der Waals surface area contributed by atoms with Crippen LogP contribution in [0.3, 0.4) is 0 Å². The van der Waals surface area contributed by atoms with Gasteiger partial charge in [-0.15, -0.1) is 6.58 Å². The molecule has 5 heteroatoms. The molecule has 1 N–H and O–H groups in total. The molecule has 0 aromatic heterocycles. The summed E-state index contributed by atoms with van der Waals surface area (Å²) in [5.41, 5.74) is 0. The van der Waals surface area contributed by atoms with Gasteiger partial charge in [-0.25, -0.2) is 0 Å². The first kappa shape index (κ1) is 16.5. The van der Waals surface area contributed by atoms with Gasteiger partial charge < -0.3 is 14.8 Å². The summed E-state index contributed by atoms with van der Waals surface area (Å²) in [6, 6.07) is 3.90. The molecule has 3 nitrogen and oxygen atoms in total. The predicted octanol–water partition coefficient (Wildman–Crippen LogP) is 4.47. The quantitative estimate of drug-likeness (QED) is 0.808. The maximum absolute atomic E-state index is 6.14. The number of rotatable bonds is 5. The molecule has 0 aliphatic carbocycles. The van der Waals surface area contributed by atoms with Crippen molar-refractivity contribution in [3.8, 4) is 11.5 Å². The van der Waals surface area contributed by atoms with E-state index in [0.29, 0.717) is 27.6 Å². The largest absolute Gasteiger partial charge is 0.491 e. The van der Waals surface area contributed by atoms with Crippen LogP contribution in [0.5, 0.6) is 11.5 Å². The fourth-order valence-corrected chi connectivity index (χ4v) is 3.16. The Balaban J connectivity index is 2.06. The molecule has 1 aliphatic heterocycles. The Morgan fingerprint density at radius 2 is 2.14 bits per heavy atom. The van der Waals surface area contributed by atoms with Crippen molar-refractivity contribution in [3.63, 3.8) is 0 Å². The molecule has 1 fully saturated rings. The van der Waals surface area contributed by atoms with Crippen LogP contribution in [0.25, 0.3) is 0 Å². The molecule has 0 spiro atoms. The Morgan fingerprint density at radius 1 is 1.33 bits per heavy atom. The van der Waals surface area contributed by atoms with Gasteiger partial charge in [0.15, 0.2) is 11.5 Å². The molecule has 1 heterocycles. The average molecular weight is 330 g/mol. The average Bonchev–Trinajstić information content (AvgIpc) is 2.65. The summed E-state index contributed by atoms with van der Waals surface area (Å²) in [4.78, 5) is 0. The summed E-state index contributed by atoms with van der Waals surface area (Å²) in [5.74, 6) is 1.16. The number of halogens is 2. The van der Waals surface area contributed by atoms with Crippen molar-refractivity contribution in [2.75, 3.05) is 13.7 Å². The fraction of sp³-hybridized carbons (Fsp3) is 0.500. The van der Waals surface area contributed by atoms with Gasteiger partial charge >= 0.3 is 0 Å². The standard InChI is InChI=1S/C16H21Cl2NO2/c1-3-4-12-5-6-13(7-8-19-12)21-15-10-11(17)9-14(18)16(15)20-2/h3,9-10,12-13,19H,1,4-8H2,2H3. The summed E-state index contributed by atoms with van der Waals surface area (Å²) >= 11 is 12.2. The van der Waals surface area contributed by atoms with Crippen LogP contribution in [-0.4, -0.2) is 25.8 Å². The first-order valence-corrected chi connectivity index (χ1v) is 7.93. The molecule has 1 aromatic carbocycles. The number of ether oxygens (including phenoxy) is 2. The van der Waals surface area contributed by atoms with E-state index >= 15 is 0 Å². The molecule has 2 atom stereocenters. The minimum atomic E-state index is 0.135. The topological polar surface area (TPSA) is 30.5 Å². The molecule has 1 aromatic rings. The van der Waals surface area contributed by atoms with Crippen LogP contribution in [0.2, 0.25) is 10.0 Å². The van der Waals surface area contributed by atoms with E-state index in [9.17, 15) is 0 Å². The van der Waals surface area contributed by atoms with E-state index < -0.39 is 0 Å². The normalized spacial score (nSPS) is 22.4. The van der Waals surface area contributed by atoms with Gasteiger partial charge in [0.25, 0.3) is 0 Å².